The Labute approximate surface area is 243 Å². The third-order valence-electron chi connectivity index (χ3n) is 6.69. The third kappa shape index (κ3) is 7.90. The molecule has 1 fully saturated rings. The first-order valence-corrected chi connectivity index (χ1v) is 14.4. The molecule has 0 unspecified atom stereocenters. The second-order valence-corrected chi connectivity index (χ2v) is 11.7. The maximum Gasteiger partial charge on any atom is 0.410 e. The summed E-state index contributed by atoms with van der Waals surface area (Å²) in [6, 6.07) is 6.29. The van der Waals surface area contributed by atoms with Gasteiger partial charge in [0.15, 0.2) is 0 Å². The summed E-state index contributed by atoms with van der Waals surface area (Å²) in [6.45, 7) is 8.71. The number of hydrogen-bond acceptors (Lipinski definition) is 8. The largest absolute Gasteiger partial charge is 0.489 e. The first-order chi connectivity index (χ1) is 19.5. The van der Waals surface area contributed by atoms with E-state index in [-0.39, 0.29) is 36.7 Å². The lowest BCUT2D eigenvalue weighted by Crippen LogP contribution is -2.42. The second-order valence-electron chi connectivity index (χ2n) is 10.9. The first-order valence-electron chi connectivity index (χ1n) is 13.6. The van der Waals surface area contributed by atoms with Crippen LogP contribution < -0.4 is 20.1 Å². The molecule has 1 aromatic carbocycles. The van der Waals surface area contributed by atoms with Crippen LogP contribution in [0.4, 0.5) is 9.18 Å². The van der Waals surface area contributed by atoms with E-state index < -0.39 is 17.4 Å². The van der Waals surface area contributed by atoms with E-state index in [1.165, 1.54) is 6.07 Å². The van der Waals surface area contributed by atoms with Crippen LogP contribution in [0.25, 0.3) is 0 Å². The maximum absolute atomic E-state index is 13.9. The fourth-order valence-corrected chi connectivity index (χ4v) is 5.26. The first kappa shape index (κ1) is 30.2. The van der Waals surface area contributed by atoms with Crippen LogP contribution in [0.1, 0.15) is 51.2 Å². The van der Waals surface area contributed by atoms with Gasteiger partial charge in [-0.2, -0.15) is 0 Å². The van der Waals surface area contributed by atoms with E-state index in [0.29, 0.717) is 41.4 Å². The lowest BCUT2D eigenvalue weighted by atomic mass is 10.1. The second kappa shape index (κ2) is 13.2. The van der Waals surface area contributed by atoms with Gasteiger partial charge in [-0.15, -0.1) is 0 Å². The van der Waals surface area contributed by atoms with Gasteiger partial charge in [0.1, 0.15) is 29.3 Å². The molecule has 2 aromatic rings. The minimum atomic E-state index is -0.579. The molecule has 3 amide bonds. The van der Waals surface area contributed by atoms with Gasteiger partial charge in [0.05, 0.1) is 12.2 Å². The number of aromatic nitrogens is 1. The number of pyridine rings is 1. The van der Waals surface area contributed by atoms with Gasteiger partial charge in [0.25, 0.3) is 11.8 Å². The van der Waals surface area contributed by atoms with Gasteiger partial charge in [-0.25, -0.2) is 9.18 Å². The molecule has 0 radical (unpaired) electrons. The Morgan fingerprint density at radius 1 is 1.27 bits per heavy atom. The quantitative estimate of drug-likeness (QED) is 0.298. The Bertz CT molecular complexity index is 1330. The molecule has 2 aliphatic rings. The summed E-state index contributed by atoms with van der Waals surface area (Å²) in [6.07, 6.45) is 5.01. The molecule has 41 heavy (non-hydrogen) atoms. The van der Waals surface area contributed by atoms with Gasteiger partial charge in [-0.05, 0) is 70.7 Å². The van der Waals surface area contributed by atoms with Crippen LogP contribution in [0.5, 0.6) is 5.75 Å². The molecule has 2 aliphatic heterocycles. The molecule has 1 aromatic heterocycles. The van der Waals surface area contributed by atoms with Crippen LogP contribution in [-0.2, 0) is 20.9 Å². The number of hydrogen-bond donors (Lipinski definition) is 3. The SMILES string of the molecule is Cc1c(F)cccc1SNC(=O)C1=C(NCc2ccncc2OC[C@@H]2CCCN2C(=O)OC(C)(C)C)CCNC1=O. The fourth-order valence-electron chi connectivity index (χ4n) is 4.56. The average Bonchev–Trinajstić information content (AvgIpc) is 3.40. The van der Waals surface area contributed by atoms with E-state index >= 15 is 0 Å². The fraction of sp³-hybridized carbons (Fsp3) is 0.448. The van der Waals surface area contributed by atoms with Gasteiger partial charge < -0.3 is 25.0 Å². The number of benzene rings is 1. The maximum atomic E-state index is 13.9. The van der Waals surface area contributed by atoms with Crippen molar-refractivity contribution in [3.8, 4) is 5.75 Å². The van der Waals surface area contributed by atoms with E-state index in [1.54, 1.807) is 42.4 Å². The standard InChI is InChI=1S/C29H36FN5O5S/c1-18-21(30)8-5-9-24(18)41-34-27(37)25-22(11-13-32-26(25)36)33-15-19-10-12-31-16-23(19)39-17-20-7-6-14-35(20)28(38)40-29(2,3)4/h5,8-10,12,16,20,33H,6-7,11,13-15,17H2,1-4H3,(H,32,36)(H,34,37)/t20-/m0/s1. The van der Waals surface area contributed by atoms with Crippen molar-refractivity contribution in [3.05, 3.63) is 64.9 Å². The van der Waals surface area contributed by atoms with Crippen molar-refractivity contribution in [2.75, 3.05) is 19.7 Å². The van der Waals surface area contributed by atoms with Crippen LogP contribution in [0, 0.1) is 12.7 Å². The highest BCUT2D eigenvalue weighted by Crippen LogP contribution is 2.25. The van der Waals surface area contributed by atoms with Crippen LogP contribution in [0.3, 0.4) is 0 Å². The Kier molecular flexibility index (Phi) is 9.74. The highest BCUT2D eigenvalue weighted by Gasteiger charge is 2.33. The normalized spacial score (nSPS) is 17.2. The van der Waals surface area contributed by atoms with Crippen molar-refractivity contribution >= 4 is 29.9 Å². The van der Waals surface area contributed by atoms with Crippen molar-refractivity contribution in [3.63, 3.8) is 0 Å². The van der Waals surface area contributed by atoms with Crippen molar-refractivity contribution in [1.82, 2.24) is 25.2 Å². The van der Waals surface area contributed by atoms with Crippen LogP contribution >= 0.6 is 11.9 Å². The van der Waals surface area contributed by atoms with Crippen LogP contribution in [0.2, 0.25) is 0 Å². The summed E-state index contributed by atoms with van der Waals surface area (Å²) in [7, 11) is 0. The van der Waals surface area contributed by atoms with Crippen LogP contribution in [-0.4, -0.2) is 59.1 Å². The predicted octanol–water partition coefficient (Wildman–Crippen LogP) is 3.99. The van der Waals surface area contributed by atoms with Crippen molar-refractivity contribution in [1.29, 1.82) is 0 Å². The molecule has 4 rings (SSSR count). The monoisotopic (exact) mass is 585 g/mol. The summed E-state index contributed by atoms with van der Waals surface area (Å²) in [5.41, 5.74) is 1.09. The van der Waals surface area contributed by atoms with E-state index in [1.807, 2.05) is 20.8 Å². The smallest absolute Gasteiger partial charge is 0.410 e. The van der Waals surface area contributed by atoms with E-state index in [0.717, 1.165) is 30.4 Å². The number of halogens is 1. The van der Waals surface area contributed by atoms with Crippen molar-refractivity contribution in [2.24, 2.45) is 0 Å². The highest BCUT2D eigenvalue weighted by atomic mass is 32.2. The van der Waals surface area contributed by atoms with E-state index in [2.05, 4.69) is 20.3 Å². The van der Waals surface area contributed by atoms with Crippen molar-refractivity contribution < 1.29 is 28.2 Å². The molecule has 0 aliphatic carbocycles. The third-order valence-corrected chi connectivity index (χ3v) is 7.64. The molecule has 1 saturated heterocycles. The van der Waals surface area contributed by atoms with Crippen molar-refractivity contribution in [2.45, 2.75) is 70.0 Å². The zero-order valence-corrected chi connectivity index (χ0v) is 24.5. The summed E-state index contributed by atoms with van der Waals surface area (Å²) in [5.74, 6) is -0.891. The molecule has 3 N–H and O–H groups in total. The minimum Gasteiger partial charge on any atom is -0.489 e. The van der Waals surface area contributed by atoms with E-state index in [9.17, 15) is 18.8 Å². The number of amides is 3. The minimum absolute atomic E-state index is 0.0201. The summed E-state index contributed by atoms with van der Waals surface area (Å²) >= 11 is 0.961. The number of carbonyl (C=O) groups is 3. The number of rotatable bonds is 9. The molecular formula is C29H36FN5O5S. The molecule has 12 heteroatoms. The predicted molar refractivity (Wildman–Crippen MR) is 152 cm³/mol. The average molecular weight is 586 g/mol. The van der Waals surface area contributed by atoms with Gasteiger partial charge in [-0.1, -0.05) is 6.07 Å². The molecule has 1 atom stereocenters. The molecule has 220 valence electrons. The van der Waals surface area contributed by atoms with Gasteiger partial charge >= 0.3 is 6.09 Å². The summed E-state index contributed by atoms with van der Waals surface area (Å²) < 4.78 is 28.2. The van der Waals surface area contributed by atoms with Gasteiger partial charge in [0, 0.05) is 54.0 Å². The zero-order chi connectivity index (χ0) is 29.6. The van der Waals surface area contributed by atoms with Gasteiger partial charge in [-0.3, -0.25) is 19.3 Å². The van der Waals surface area contributed by atoms with Gasteiger partial charge in [0.2, 0.25) is 0 Å². The Morgan fingerprint density at radius 2 is 2.07 bits per heavy atom. The van der Waals surface area contributed by atoms with Crippen LogP contribution in [0.15, 0.2) is 52.8 Å². The topological polar surface area (TPSA) is 122 Å². The molecule has 0 saturated carbocycles. The number of nitrogens with zero attached hydrogens (tertiary/aromatic N) is 2. The number of ether oxygens (including phenoxy) is 2. The Morgan fingerprint density at radius 3 is 2.85 bits per heavy atom. The molecular weight excluding hydrogens is 549 g/mol. The molecule has 10 nitrogen and oxygen atoms in total. The van der Waals surface area contributed by atoms with E-state index in [4.69, 9.17) is 9.47 Å². The summed E-state index contributed by atoms with van der Waals surface area (Å²) in [4.78, 5) is 44.8. The molecule has 0 spiro atoms. The molecule has 3 heterocycles. The number of carbonyl (C=O) groups excluding carboxylic acids is 3. The molecule has 0 bridgehead atoms. The number of nitrogens with one attached hydrogen (secondary N) is 3. The highest BCUT2D eigenvalue weighted by molar-refractivity contribution is 7.98. The summed E-state index contributed by atoms with van der Waals surface area (Å²) in [5, 5.41) is 5.94. The number of likely N-dealkylation sites (tertiary alicyclic amines) is 1. The lowest BCUT2D eigenvalue weighted by molar-refractivity contribution is -0.123. The lowest BCUT2D eigenvalue weighted by Gasteiger charge is -2.28. The zero-order valence-electron chi connectivity index (χ0n) is 23.7. The Balaban J connectivity index is 1.41. The Hall–Kier alpha value is -3.80.